The molecule has 1 aliphatic rings. The lowest BCUT2D eigenvalue weighted by Gasteiger charge is -2.25. The van der Waals surface area contributed by atoms with Crippen LogP contribution in [0.15, 0.2) is 6.33 Å². The number of alkyl halides is 1. The number of aromatic nitrogens is 4. The lowest BCUT2D eigenvalue weighted by Crippen LogP contribution is -2.37. The molecule has 1 aliphatic carbocycles. The Balaban J connectivity index is 1.73. The summed E-state index contributed by atoms with van der Waals surface area (Å²) in [5, 5.41) is 16.1. The number of nitrogen functional groups attached to an aromatic ring is 1. The molecule has 14 heteroatoms. The van der Waals surface area contributed by atoms with Crippen molar-refractivity contribution in [1.82, 2.24) is 24.6 Å². The zero-order valence-electron chi connectivity index (χ0n) is 16.5. The molecule has 5 atom stereocenters. The van der Waals surface area contributed by atoms with Crippen LogP contribution in [0.2, 0.25) is 0 Å². The van der Waals surface area contributed by atoms with E-state index in [4.69, 9.17) is 15.0 Å². The minimum Gasteiger partial charge on any atom is -0.385 e. The number of imidazole rings is 1. The third-order valence-electron chi connectivity index (χ3n) is 4.52. The number of hydrogen-bond acceptors (Lipinski definition) is 10. The number of aldehydes is 1. The summed E-state index contributed by atoms with van der Waals surface area (Å²) in [6, 6.07) is -0.398. The van der Waals surface area contributed by atoms with Gasteiger partial charge in [-0.05, 0) is 19.8 Å². The Kier molecular flexibility index (Phi) is 7.32. The van der Waals surface area contributed by atoms with Crippen molar-refractivity contribution in [2.24, 2.45) is 0 Å². The number of methoxy groups -OCH3 is 1. The van der Waals surface area contributed by atoms with Crippen LogP contribution in [-0.2, 0) is 18.6 Å². The first kappa shape index (κ1) is 22.5. The first-order valence-electron chi connectivity index (χ1n) is 9.34. The van der Waals surface area contributed by atoms with E-state index < -0.39 is 32.7 Å². The highest BCUT2D eigenvalue weighted by molar-refractivity contribution is 7.36. The molecule has 0 radical (unpaired) electrons. The highest BCUT2D eigenvalue weighted by Gasteiger charge is 2.32. The lowest BCUT2D eigenvalue weighted by atomic mass is 10.2. The minimum atomic E-state index is -2.78. The maximum Gasteiger partial charge on any atom is 0.258 e. The molecule has 0 spiro atoms. The van der Waals surface area contributed by atoms with Crippen molar-refractivity contribution >= 4 is 37.4 Å². The second-order valence-corrected chi connectivity index (χ2v) is 8.13. The molecule has 3 rings (SSSR count). The lowest BCUT2D eigenvalue weighted by molar-refractivity contribution is -0.108. The second-order valence-electron chi connectivity index (χ2n) is 6.98. The molecule has 0 amide bonds. The predicted octanol–water partition coefficient (Wildman–Crippen LogP) is 0.410. The van der Waals surface area contributed by atoms with E-state index >= 15 is 4.39 Å². The van der Waals surface area contributed by atoms with Gasteiger partial charge in [-0.3, -0.25) is 9.13 Å². The summed E-state index contributed by atoms with van der Waals surface area (Å²) >= 11 is 0. The van der Waals surface area contributed by atoms with Crippen molar-refractivity contribution < 1.29 is 28.1 Å². The molecule has 1 unspecified atom stereocenters. The molecule has 166 valence electrons. The van der Waals surface area contributed by atoms with Gasteiger partial charge in [-0.1, -0.05) is 0 Å². The highest BCUT2D eigenvalue weighted by Crippen LogP contribution is 2.30. The number of hydrogen-bond donors (Lipinski definition) is 4. The van der Waals surface area contributed by atoms with Crippen molar-refractivity contribution in [3.05, 3.63) is 6.33 Å². The summed E-state index contributed by atoms with van der Waals surface area (Å²) in [6.45, 7) is 1.13. The van der Waals surface area contributed by atoms with Crippen molar-refractivity contribution in [2.45, 2.75) is 50.4 Å². The molecule has 0 bridgehead atoms. The average Bonchev–Trinajstić information content (AvgIpc) is 3.43. The number of nitrogens with two attached hydrogens (primary N) is 1. The Labute approximate surface area is 172 Å². The number of ether oxygens (including phenoxy) is 1. The fourth-order valence-electron chi connectivity index (χ4n) is 2.70. The highest BCUT2D eigenvalue weighted by atomic mass is 31.1. The number of aliphatic hydroxyl groups is 1. The van der Waals surface area contributed by atoms with E-state index in [-0.39, 0.29) is 24.2 Å². The molecule has 5 N–H and O–H groups in total. The number of aliphatic hydroxyl groups excluding tert-OH is 1. The normalized spacial score (nSPS) is 19.2. The van der Waals surface area contributed by atoms with Crippen LogP contribution in [0.4, 0.5) is 16.2 Å². The fourth-order valence-corrected chi connectivity index (χ4v) is 3.54. The van der Waals surface area contributed by atoms with Crippen LogP contribution in [0.25, 0.3) is 11.2 Å². The molecule has 0 aliphatic heterocycles. The second kappa shape index (κ2) is 9.75. The Morgan fingerprint density at radius 1 is 1.50 bits per heavy atom. The van der Waals surface area contributed by atoms with Crippen molar-refractivity contribution in [3.8, 4) is 0 Å². The first-order chi connectivity index (χ1) is 14.3. The van der Waals surface area contributed by atoms with Crippen LogP contribution in [0.3, 0.4) is 0 Å². The van der Waals surface area contributed by atoms with E-state index in [0.717, 1.165) is 17.4 Å². The van der Waals surface area contributed by atoms with Crippen LogP contribution in [-0.4, -0.2) is 68.9 Å². The van der Waals surface area contributed by atoms with Gasteiger partial charge in [0.1, 0.15) is 18.5 Å². The number of nitrogens with one attached hydrogen (secondary N) is 2. The summed E-state index contributed by atoms with van der Waals surface area (Å²) in [4.78, 5) is 22.9. The van der Waals surface area contributed by atoms with Crippen molar-refractivity contribution in [2.75, 3.05) is 24.8 Å². The molecule has 1 saturated carbocycles. The van der Waals surface area contributed by atoms with Crippen LogP contribution in [0.5, 0.6) is 0 Å². The van der Waals surface area contributed by atoms with Crippen molar-refractivity contribution in [3.63, 3.8) is 0 Å². The SMILES string of the molecule is CO[C@H](CO[PH](=O)N[C@H](C)C=O)[C@@H](O)[C@H](F)n1cnc2c(NC3CC3)nc(N)nc21. The van der Waals surface area contributed by atoms with Gasteiger partial charge in [0, 0.05) is 13.2 Å². The number of rotatable bonds is 12. The fraction of sp³-hybridized carbons (Fsp3) is 0.625. The molecule has 1 fully saturated rings. The van der Waals surface area contributed by atoms with E-state index in [9.17, 15) is 14.5 Å². The summed E-state index contributed by atoms with van der Waals surface area (Å²) in [5.41, 5.74) is 6.19. The third kappa shape index (κ3) is 5.29. The number of nitrogens with zero attached hydrogens (tertiary/aromatic N) is 4. The topological polar surface area (TPSA) is 167 Å². The van der Waals surface area contributed by atoms with Crippen molar-refractivity contribution in [1.29, 1.82) is 0 Å². The summed E-state index contributed by atoms with van der Waals surface area (Å²) in [7, 11) is -1.52. The standard InChI is InChI=1S/C16H25FN7O5P/c1-8(5-25)23-30(27)29-6-10(28-2)12(26)13(17)24-7-19-11-14(20-9-3-4-9)21-16(18)22-15(11)24/h5,7-10,12-13,26,30H,3-4,6H2,1-2H3,(H,23,27)(H3,18,20,21,22)/t8-,10-,12-,13-/m1/s1. The van der Waals surface area contributed by atoms with Gasteiger partial charge in [0.05, 0.1) is 19.0 Å². The number of halogens is 1. The zero-order chi connectivity index (χ0) is 21.8. The van der Waals surface area contributed by atoms with E-state index in [0.29, 0.717) is 17.6 Å². The van der Waals surface area contributed by atoms with E-state index in [1.54, 1.807) is 0 Å². The summed E-state index contributed by atoms with van der Waals surface area (Å²) in [6.07, 6.45) is -1.10. The van der Waals surface area contributed by atoms with Gasteiger partial charge in [0.15, 0.2) is 17.0 Å². The minimum absolute atomic E-state index is 0.0605. The average molecular weight is 445 g/mol. The van der Waals surface area contributed by atoms with Crippen LogP contribution in [0.1, 0.15) is 26.1 Å². The number of anilines is 2. The van der Waals surface area contributed by atoms with Gasteiger partial charge in [-0.15, -0.1) is 0 Å². The third-order valence-corrected chi connectivity index (χ3v) is 5.64. The van der Waals surface area contributed by atoms with Gasteiger partial charge in [0.25, 0.3) is 8.18 Å². The number of carbonyl (C=O) groups is 1. The van der Waals surface area contributed by atoms with Crippen LogP contribution >= 0.6 is 8.18 Å². The summed E-state index contributed by atoms with van der Waals surface area (Å²) < 4.78 is 38.1. The Morgan fingerprint density at radius 2 is 2.23 bits per heavy atom. The quantitative estimate of drug-likeness (QED) is 0.264. The van der Waals surface area contributed by atoms with Gasteiger partial charge in [0.2, 0.25) is 12.2 Å². The molecule has 0 saturated heterocycles. The van der Waals surface area contributed by atoms with E-state index in [1.165, 1.54) is 20.4 Å². The molecule has 2 aromatic rings. The zero-order valence-corrected chi connectivity index (χ0v) is 17.5. The van der Waals surface area contributed by atoms with Crippen LogP contribution < -0.4 is 16.1 Å². The van der Waals surface area contributed by atoms with Gasteiger partial charge in [-0.2, -0.15) is 9.97 Å². The Hall–Kier alpha value is -2.18. The smallest absolute Gasteiger partial charge is 0.258 e. The molecule has 2 heterocycles. The summed E-state index contributed by atoms with van der Waals surface area (Å²) in [5.74, 6) is 0.343. The van der Waals surface area contributed by atoms with Crippen LogP contribution in [0, 0.1) is 0 Å². The molecule has 30 heavy (non-hydrogen) atoms. The van der Waals surface area contributed by atoms with E-state index in [1.807, 2.05) is 0 Å². The van der Waals surface area contributed by atoms with Gasteiger partial charge >= 0.3 is 0 Å². The molecule has 0 aromatic carbocycles. The number of carbonyl (C=O) groups excluding carboxylic acids is 1. The predicted molar refractivity (Wildman–Crippen MR) is 107 cm³/mol. The Bertz CT molecular complexity index is 911. The largest absolute Gasteiger partial charge is 0.385 e. The Morgan fingerprint density at radius 3 is 2.87 bits per heavy atom. The maximum atomic E-state index is 15.1. The van der Waals surface area contributed by atoms with E-state index in [2.05, 4.69) is 25.4 Å². The van der Waals surface area contributed by atoms with Gasteiger partial charge in [-0.25, -0.2) is 14.5 Å². The molecule has 12 nitrogen and oxygen atoms in total. The molecular weight excluding hydrogens is 420 g/mol. The monoisotopic (exact) mass is 445 g/mol. The maximum absolute atomic E-state index is 15.1. The molecule has 2 aromatic heterocycles. The number of fused-ring (bicyclic) bond motifs is 1. The molecular formula is C16H25FN7O5P. The van der Waals surface area contributed by atoms with Gasteiger partial charge < -0.3 is 30.2 Å². The first-order valence-corrected chi connectivity index (χ1v) is 10.7.